The van der Waals surface area contributed by atoms with Gasteiger partial charge in [0.15, 0.2) is 0 Å². The Morgan fingerprint density at radius 2 is 0.827 bits per heavy atom. The third kappa shape index (κ3) is 20.4. The Labute approximate surface area is 309 Å². The molecule has 0 aliphatic rings. The quantitative estimate of drug-likeness (QED) is 0.0631. The van der Waals surface area contributed by atoms with Gasteiger partial charge >= 0.3 is 41.8 Å². The Kier molecular flexibility index (Phi) is 26.2. The smallest absolute Gasteiger partial charge is 0.333 e. The molecule has 298 valence electrons. The standard InChI is InChI=1S/C15H24O6.C12H20O4.C11H18O4/c1-6-15(4,14(18)19-5)10-21-12(16)8-7-9-20-13(17)11(2)3;1-6-12(5,11(14)15-7-2)8-16-10(13)9(3)4;1-6-11(4,10(13)14-5)7-15-9(12)8(2)3/h2,6-10H2,1,3-5H3;3,6-8H2,1-2,4-5H3;2,6-7H2,1,3-5H3. The zero-order chi connectivity index (χ0) is 41.3. The van der Waals surface area contributed by atoms with Gasteiger partial charge in [0.05, 0.1) is 43.7 Å². The zero-order valence-electron chi connectivity index (χ0n) is 33.4. The molecule has 0 saturated heterocycles. The zero-order valence-corrected chi connectivity index (χ0v) is 33.4. The van der Waals surface area contributed by atoms with E-state index < -0.39 is 46.1 Å². The SMILES string of the molecule is C=C(C)C(=O)OCC(C)(CC)C(=O)OC.C=C(C)C(=O)OCC(C)(CC)C(=O)OCC.C=C(C)C(=O)OCCCC(=O)OCC(C)(CC)C(=O)OC. The summed E-state index contributed by atoms with van der Waals surface area (Å²) < 4.78 is 34.1. The van der Waals surface area contributed by atoms with E-state index >= 15 is 0 Å². The largest absolute Gasteiger partial charge is 0.469 e. The first kappa shape index (κ1) is 51.9. The van der Waals surface area contributed by atoms with Crippen LogP contribution in [0.1, 0.15) is 101 Å². The van der Waals surface area contributed by atoms with E-state index in [1.165, 1.54) is 14.2 Å². The van der Waals surface area contributed by atoms with E-state index in [1.54, 1.807) is 48.5 Å². The van der Waals surface area contributed by atoms with E-state index in [2.05, 4.69) is 29.2 Å². The van der Waals surface area contributed by atoms with Crippen molar-refractivity contribution in [3.8, 4) is 0 Å². The maximum Gasteiger partial charge on any atom is 0.333 e. The number of esters is 7. The molecule has 0 fully saturated rings. The van der Waals surface area contributed by atoms with E-state index in [4.69, 9.17) is 23.7 Å². The summed E-state index contributed by atoms with van der Waals surface area (Å²) in [4.78, 5) is 79.7. The fourth-order valence-corrected chi connectivity index (χ4v) is 3.23. The van der Waals surface area contributed by atoms with Crippen LogP contribution >= 0.6 is 0 Å². The van der Waals surface area contributed by atoms with Gasteiger partial charge < -0.3 is 33.2 Å². The second-order valence-electron chi connectivity index (χ2n) is 12.8. The fourth-order valence-electron chi connectivity index (χ4n) is 3.23. The molecule has 3 atom stereocenters. The average molecular weight is 743 g/mol. The number of methoxy groups -OCH3 is 2. The summed E-state index contributed by atoms with van der Waals surface area (Å²) in [6.07, 6.45) is 2.07. The molecule has 52 heavy (non-hydrogen) atoms. The number of hydrogen-bond donors (Lipinski definition) is 0. The second-order valence-corrected chi connectivity index (χ2v) is 12.8. The molecule has 3 unspecified atom stereocenters. The summed E-state index contributed by atoms with van der Waals surface area (Å²) in [5.41, 5.74) is -1.44. The highest BCUT2D eigenvalue weighted by atomic mass is 16.6. The molecule has 0 bridgehead atoms. The van der Waals surface area contributed by atoms with E-state index in [0.717, 1.165) is 0 Å². The topological polar surface area (TPSA) is 184 Å². The van der Waals surface area contributed by atoms with Crippen LogP contribution in [0.25, 0.3) is 0 Å². The predicted octanol–water partition coefficient (Wildman–Crippen LogP) is 5.80. The first-order valence-electron chi connectivity index (χ1n) is 17.0. The van der Waals surface area contributed by atoms with Crippen molar-refractivity contribution in [2.75, 3.05) is 47.3 Å². The van der Waals surface area contributed by atoms with E-state index in [0.29, 0.717) is 49.0 Å². The molecule has 14 heteroatoms. The van der Waals surface area contributed by atoms with Crippen molar-refractivity contribution in [2.24, 2.45) is 16.2 Å². The summed E-state index contributed by atoms with van der Waals surface area (Å²) in [6, 6.07) is 0. The maximum absolute atomic E-state index is 11.6. The summed E-state index contributed by atoms with van der Waals surface area (Å²) in [6.45, 7) is 27.9. The van der Waals surface area contributed by atoms with E-state index in [-0.39, 0.29) is 44.8 Å². The second kappa shape index (κ2) is 26.3. The lowest BCUT2D eigenvalue weighted by atomic mass is 9.89. The Morgan fingerprint density at radius 1 is 0.500 bits per heavy atom. The molecule has 0 N–H and O–H groups in total. The highest BCUT2D eigenvalue weighted by Crippen LogP contribution is 2.25. The minimum absolute atomic E-state index is 0.0157. The van der Waals surface area contributed by atoms with Crippen LogP contribution in [0.3, 0.4) is 0 Å². The van der Waals surface area contributed by atoms with Crippen LogP contribution in [0.5, 0.6) is 0 Å². The number of carbonyl (C=O) groups excluding carboxylic acids is 7. The van der Waals surface area contributed by atoms with Crippen LogP contribution in [0.2, 0.25) is 0 Å². The molecular weight excluding hydrogens is 680 g/mol. The molecule has 0 saturated carbocycles. The summed E-state index contributed by atoms with van der Waals surface area (Å²) in [5.74, 6) is -3.01. The molecule has 0 amide bonds. The first-order valence-corrected chi connectivity index (χ1v) is 17.0. The van der Waals surface area contributed by atoms with Crippen molar-refractivity contribution >= 4 is 41.8 Å². The van der Waals surface area contributed by atoms with Crippen molar-refractivity contribution in [3.05, 3.63) is 36.5 Å². The molecule has 0 aliphatic carbocycles. The lowest BCUT2D eigenvalue weighted by Gasteiger charge is -2.25. The van der Waals surface area contributed by atoms with Crippen molar-refractivity contribution in [3.63, 3.8) is 0 Å². The van der Waals surface area contributed by atoms with Gasteiger partial charge in [-0.2, -0.15) is 0 Å². The van der Waals surface area contributed by atoms with Gasteiger partial charge in [0.2, 0.25) is 0 Å². The molecule has 0 aromatic heterocycles. The molecule has 0 aliphatic heterocycles. The van der Waals surface area contributed by atoms with Gasteiger partial charge in [0.25, 0.3) is 0 Å². The van der Waals surface area contributed by atoms with Crippen LogP contribution in [0.4, 0.5) is 0 Å². The molecule has 0 spiro atoms. The highest BCUT2D eigenvalue weighted by Gasteiger charge is 2.36. The minimum Gasteiger partial charge on any atom is -0.469 e. The van der Waals surface area contributed by atoms with Crippen molar-refractivity contribution < 1.29 is 66.7 Å². The van der Waals surface area contributed by atoms with Gasteiger partial charge in [-0.25, -0.2) is 14.4 Å². The van der Waals surface area contributed by atoms with Gasteiger partial charge in [-0.3, -0.25) is 19.2 Å². The molecule has 0 aromatic rings. The molecular formula is C38H62O14. The molecule has 14 nitrogen and oxygen atoms in total. The first-order chi connectivity index (χ1) is 24.0. The Bertz CT molecular complexity index is 1250. The molecule has 0 aromatic carbocycles. The average Bonchev–Trinajstić information content (AvgIpc) is 3.12. The van der Waals surface area contributed by atoms with Gasteiger partial charge in [-0.15, -0.1) is 0 Å². The number of hydrogen-bond acceptors (Lipinski definition) is 14. The summed E-state index contributed by atoms with van der Waals surface area (Å²) in [7, 11) is 2.62. The molecule has 0 rings (SSSR count). The Balaban J connectivity index is -0.000000706. The summed E-state index contributed by atoms with van der Waals surface area (Å²) in [5, 5.41) is 0. The predicted molar refractivity (Wildman–Crippen MR) is 193 cm³/mol. The molecule has 0 radical (unpaired) electrons. The number of ether oxygens (including phenoxy) is 7. The highest BCUT2D eigenvalue weighted by molar-refractivity contribution is 5.88. The van der Waals surface area contributed by atoms with Crippen molar-refractivity contribution in [1.82, 2.24) is 0 Å². The van der Waals surface area contributed by atoms with Crippen LogP contribution in [-0.2, 0) is 66.7 Å². The Morgan fingerprint density at radius 3 is 1.13 bits per heavy atom. The Hall–Kier alpha value is -4.49. The summed E-state index contributed by atoms with van der Waals surface area (Å²) >= 11 is 0. The normalized spacial score (nSPS) is 13.5. The monoisotopic (exact) mass is 742 g/mol. The molecule has 0 heterocycles. The van der Waals surface area contributed by atoms with Gasteiger partial charge in [0.1, 0.15) is 19.8 Å². The van der Waals surface area contributed by atoms with Crippen LogP contribution in [-0.4, -0.2) is 89.0 Å². The fraction of sp³-hybridized carbons (Fsp3) is 0.658. The van der Waals surface area contributed by atoms with E-state index in [9.17, 15) is 33.6 Å². The maximum atomic E-state index is 11.6. The van der Waals surface area contributed by atoms with Crippen LogP contribution in [0.15, 0.2) is 36.5 Å². The number of carbonyl (C=O) groups is 7. The van der Waals surface area contributed by atoms with Crippen molar-refractivity contribution in [1.29, 1.82) is 0 Å². The van der Waals surface area contributed by atoms with Gasteiger partial charge in [0, 0.05) is 23.1 Å². The third-order valence-corrected chi connectivity index (χ3v) is 7.86. The lowest BCUT2D eigenvalue weighted by Crippen LogP contribution is -2.35. The van der Waals surface area contributed by atoms with Gasteiger partial charge in [-0.1, -0.05) is 40.5 Å². The minimum atomic E-state index is -0.836. The van der Waals surface area contributed by atoms with Crippen LogP contribution < -0.4 is 0 Å². The lowest BCUT2D eigenvalue weighted by molar-refractivity contribution is -0.162. The van der Waals surface area contributed by atoms with Crippen LogP contribution in [0, 0.1) is 16.2 Å². The number of rotatable bonds is 20. The van der Waals surface area contributed by atoms with Gasteiger partial charge in [-0.05, 0) is 74.1 Å². The third-order valence-electron chi connectivity index (χ3n) is 7.86. The van der Waals surface area contributed by atoms with Crippen molar-refractivity contribution in [2.45, 2.75) is 101 Å². The van der Waals surface area contributed by atoms with E-state index in [1.807, 2.05) is 20.8 Å².